The Kier molecular flexibility index (Phi) is 13.0. The van der Waals surface area contributed by atoms with Crippen LogP contribution in [0.5, 0.6) is 0 Å². The Bertz CT molecular complexity index is 125. The quantitative estimate of drug-likeness (QED) is 0.416. The van der Waals surface area contributed by atoms with Gasteiger partial charge in [0.2, 0.25) is 0 Å². The first-order valence-electron chi connectivity index (χ1n) is 3.21. The SMILES string of the molecule is C=N/C(C)=C\C=C\F.CC. The molecule has 58 valence electrons. The second-order valence-corrected chi connectivity index (χ2v) is 1.28. The fourth-order valence-corrected chi connectivity index (χ4v) is 0.228. The molecule has 1 nitrogen and oxygen atoms in total. The third kappa shape index (κ3) is 10.1. The van der Waals surface area contributed by atoms with Crippen LogP contribution in [0.3, 0.4) is 0 Å². The number of halogens is 1. The highest BCUT2D eigenvalue weighted by atomic mass is 19.1. The zero-order chi connectivity index (χ0) is 8.41. The van der Waals surface area contributed by atoms with Gasteiger partial charge >= 0.3 is 0 Å². The van der Waals surface area contributed by atoms with Gasteiger partial charge in [-0.1, -0.05) is 13.8 Å². The van der Waals surface area contributed by atoms with E-state index in [2.05, 4.69) is 11.7 Å². The van der Waals surface area contributed by atoms with Gasteiger partial charge in [0.15, 0.2) is 0 Å². The van der Waals surface area contributed by atoms with Gasteiger partial charge in [-0.25, -0.2) is 4.39 Å². The van der Waals surface area contributed by atoms with Crippen LogP contribution in [0.4, 0.5) is 4.39 Å². The van der Waals surface area contributed by atoms with Crippen LogP contribution >= 0.6 is 0 Å². The van der Waals surface area contributed by atoms with Crippen molar-refractivity contribution < 1.29 is 4.39 Å². The van der Waals surface area contributed by atoms with Crippen molar-refractivity contribution in [2.45, 2.75) is 20.8 Å². The molecule has 0 amide bonds. The first-order chi connectivity index (χ1) is 4.81. The Balaban J connectivity index is 0. The first kappa shape index (κ1) is 11.8. The van der Waals surface area contributed by atoms with Gasteiger partial charge < -0.3 is 0 Å². The van der Waals surface area contributed by atoms with Crippen molar-refractivity contribution in [3.63, 3.8) is 0 Å². The molecule has 0 aromatic rings. The smallest absolute Gasteiger partial charge is 0.0867 e. The highest BCUT2D eigenvalue weighted by molar-refractivity contribution is 5.29. The Labute approximate surface area is 62.0 Å². The molecule has 0 bridgehead atoms. The minimum Gasteiger partial charge on any atom is -0.269 e. The van der Waals surface area contributed by atoms with Gasteiger partial charge in [-0.2, -0.15) is 0 Å². The molecule has 10 heavy (non-hydrogen) atoms. The van der Waals surface area contributed by atoms with Crippen LogP contribution in [-0.2, 0) is 0 Å². The van der Waals surface area contributed by atoms with Crippen LogP contribution in [0.1, 0.15) is 20.8 Å². The molecular weight excluding hydrogens is 129 g/mol. The minimum absolute atomic E-state index is 0.453. The molecule has 2 heteroatoms. The van der Waals surface area contributed by atoms with Gasteiger partial charge in [-0.3, -0.25) is 4.99 Å². The normalized spacial score (nSPS) is 10.6. The van der Waals surface area contributed by atoms with Crippen LogP contribution in [-0.4, -0.2) is 6.72 Å². The van der Waals surface area contributed by atoms with Crippen molar-refractivity contribution in [2.75, 3.05) is 0 Å². The van der Waals surface area contributed by atoms with E-state index in [-0.39, 0.29) is 0 Å². The molecule has 0 unspecified atom stereocenters. The second kappa shape index (κ2) is 11.0. The molecular formula is C8H14FN. The lowest BCUT2D eigenvalue weighted by Crippen LogP contribution is -1.61. The highest BCUT2D eigenvalue weighted by Crippen LogP contribution is 1.91. The van der Waals surface area contributed by atoms with Gasteiger partial charge in [0, 0.05) is 5.70 Å². The van der Waals surface area contributed by atoms with Crippen LogP contribution in [0, 0.1) is 0 Å². The maximum Gasteiger partial charge on any atom is 0.0867 e. The minimum atomic E-state index is 0.453. The lowest BCUT2D eigenvalue weighted by Gasteiger charge is -1.80. The van der Waals surface area contributed by atoms with Gasteiger partial charge in [0.1, 0.15) is 0 Å². The van der Waals surface area contributed by atoms with E-state index in [1.54, 1.807) is 6.92 Å². The monoisotopic (exact) mass is 143 g/mol. The van der Waals surface area contributed by atoms with Crippen molar-refractivity contribution in [3.8, 4) is 0 Å². The molecule has 0 aliphatic rings. The standard InChI is InChI=1S/C6H8FN.C2H6/c1-6(8-2)4-3-5-7;1-2/h3-5H,2H2,1H3;1-2H3/b5-3+,6-4-;. The van der Waals surface area contributed by atoms with E-state index < -0.39 is 0 Å². The Morgan fingerprint density at radius 3 is 2.30 bits per heavy atom. The molecule has 0 aromatic carbocycles. The van der Waals surface area contributed by atoms with Crippen LogP contribution in [0.25, 0.3) is 0 Å². The van der Waals surface area contributed by atoms with E-state index in [0.717, 1.165) is 0 Å². The maximum atomic E-state index is 11.2. The summed E-state index contributed by atoms with van der Waals surface area (Å²) in [6, 6.07) is 0. The Hall–Kier alpha value is -0.920. The Morgan fingerprint density at radius 2 is 2.00 bits per heavy atom. The molecule has 0 N–H and O–H groups in total. The molecule has 0 atom stereocenters. The zero-order valence-electron chi connectivity index (χ0n) is 6.76. The summed E-state index contributed by atoms with van der Waals surface area (Å²) in [4.78, 5) is 3.52. The third-order valence-corrected chi connectivity index (χ3v) is 0.660. The molecule has 0 heterocycles. The summed E-state index contributed by atoms with van der Waals surface area (Å²) in [6.45, 7) is 8.98. The Morgan fingerprint density at radius 1 is 1.50 bits per heavy atom. The number of hydrogen-bond acceptors (Lipinski definition) is 1. The number of nitrogens with zero attached hydrogens (tertiary/aromatic N) is 1. The van der Waals surface area contributed by atoms with Crippen LogP contribution in [0.2, 0.25) is 0 Å². The fourth-order valence-electron chi connectivity index (χ4n) is 0.228. The molecule has 0 aliphatic carbocycles. The molecule has 0 saturated heterocycles. The lowest BCUT2D eigenvalue weighted by molar-refractivity contribution is 0.721. The third-order valence-electron chi connectivity index (χ3n) is 0.660. The second-order valence-electron chi connectivity index (χ2n) is 1.28. The summed E-state index contributed by atoms with van der Waals surface area (Å²) in [5.41, 5.74) is 0.707. The molecule has 0 spiro atoms. The molecule has 0 aliphatic heterocycles. The van der Waals surface area contributed by atoms with Crippen molar-refractivity contribution >= 4 is 6.72 Å². The number of hydrogen-bond donors (Lipinski definition) is 0. The van der Waals surface area contributed by atoms with E-state index >= 15 is 0 Å². The molecule has 0 fully saturated rings. The van der Waals surface area contributed by atoms with Gasteiger partial charge in [-0.05, 0) is 25.8 Å². The number of allylic oxidation sites excluding steroid dienone is 3. The lowest BCUT2D eigenvalue weighted by atomic mass is 10.4. The fraction of sp³-hybridized carbons (Fsp3) is 0.375. The topological polar surface area (TPSA) is 12.4 Å². The largest absolute Gasteiger partial charge is 0.269 e. The summed E-state index contributed by atoms with van der Waals surface area (Å²) in [6.07, 6.45) is 3.26. The van der Waals surface area contributed by atoms with E-state index in [0.29, 0.717) is 12.0 Å². The first-order valence-corrected chi connectivity index (χ1v) is 3.21. The van der Waals surface area contributed by atoms with Crippen LogP contribution in [0.15, 0.2) is 29.2 Å². The van der Waals surface area contributed by atoms with E-state index in [9.17, 15) is 4.39 Å². The van der Waals surface area contributed by atoms with Crippen molar-refractivity contribution in [1.82, 2.24) is 0 Å². The highest BCUT2D eigenvalue weighted by Gasteiger charge is 1.72. The predicted molar refractivity (Wildman–Crippen MR) is 44.9 cm³/mol. The van der Waals surface area contributed by atoms with E-state index in [4.69, 9.17) is 0 Å². The summed E-state index contributed by atoms with van der Waals surface area (Å²) >= 11 is 0. The van der Waals surface area contributed by atoms with Crippen molar-refractivity contribution in [1.29, 1.82) is 0 Å². The molecule has 0 aromatic heterocycles. The van der Waals surface area contributed by atoms with Crippen molar-refractivity contribution in [3.05, 3.63) is 24.2 Å². The van der Waals surface area contributed by atoms with E-state index in [1.807, 2.05) is 13.8 Å². The van der Waals surface area contributed by atoms with Gasteiger partial charge in [0.25, 0.3) is 0 Å². The van der Waals surface area contributed by atoms with E-state index in [1.165, 1.54) is 12.2 Å². The summed E-state index contributed by atoms with van der Waals surface area (Å²) in [7, 11) is 0. The van der Waals surface area contributed by atoms with Gasteiger partial charge in [-0.15, -0.1) is 0 Å². The molecule has 0 saturated carbocycles. The average molecular weight is 143 g/mol. The molecule has 0 rings (SSSR count). The number of rotatable bonds is 2. The molecule has 0 radical (unpaired) electrons. The van der Waals surface area contributed by atoms with Crippen molar-refractivity contribution in [2.24, 2.45) is 4.99 Å². The average Bonchev–Trinajstić information content (AvgIpc) is 2.04. The maximum absolute atomic E-state index is 11.2. The predicted octanol–water partition coefficient (Wildman–Crippen LogP) is 3.10. The summed E-state index contributed by atoms with van der Waals surface area (Å²) < 4.78 is 11.2. The zero-order valence-corrected chi connectivity index (χ0v) is 6.76. The van der Waals surface area contributed by atoms with Crippen LogP contribution < -0.4 is 0 Å². The number of aliphatic imine (C=N–C) groups is 1. The summed E-state index contributed by atoms with van der Waals surface area (Å²) in [5, 5.41) is 0. The summed E-state index contributed by atoms with van der Waals surface area (Å²) in [5.74, 6) is 0. The van der Waals surface area contributed by atoms with Gasteiger partial charge in [0.05, 0.1) is 6.33 Å².